The van der Waals surface area contributed by atoms with Crippen molar-refractivity contribution >= 4 is 17.7 Å². The number of hydrogen-bond donors (Lipinski definition) is 1. The number of nitrogens with one attached hydrogen (secondary N) is 1. The van der Waals surface area contributed by atoms with Gasteiger partial charge in [-0.1, -0.05) is 0 Å². The summed E-state index contributed by atoms with van der Waals surface area (Å²) in [6.07, 6.45) is -0.620. The van der Waals surface area contributed by atoms with Gasteiger partial charge in [-0.2, -0.15) is 0 Å². The van der Waals surface area contributed by atoms with Crippen molar-refractivity contribution in [1.29, 1.82) is 0 Å². The van der Waals surface area contributed by atoms with Crippen molar-refractivity contribution in [3.63, 3.8) is 0 Å². The number of alkyl carbamates (subject to hydrolysis) is 1. The number of hydrogen-bond acceptors (Lipinski definition) is 5. The normalized spacial score (nSPS) is 14.0. The van der Waals surface area contributed by atoms with E-state index in [9.17, 15) is 9.59 Å². The molecule has 1 unspecified atom stereocenters. The lowest BCUT2D eigenvalue weighted by Crippen LogP contribution is -2.48. The van der Waals surface area contributed by atoms with Gasteiger partial charge in [0.05, 0.1) is 0 Å². The van der Waals surface area contributed by atoms with Crippen LogP contribution in [0.5, 0.6) is 11.5 Å². The van der Waals surface area contributed by atoms with Crippen molar-refractivity contribution in [3.8, 4) is 11.5 Å². The standard InChI is InChI=1S/C17H24N2O5/c1-6-19(12-7-8-13-14(9-12)23-10-22-13)15(20)11(2)18-16(21)24-17(3,4)5/h7-9,11H,6,10H2,1-5H3,(H,18,21). The number of ether oxygens (including phenoxy) is 3. The Morgan fingerprint density at radius 3 is 2.58 bits per heavy atom. The molecule has 0 bridgehead atoms. The molecule has 7 nitrogen and oxygen atoms in total. The first-order valence-corrected chi connectivity index (χ1v) is 7.92. The lowest BCUT2D eigenvalue weighted by Gasteiger charge is -2.26. The summed E-state index contributed by atoms with van der Waals surface area (Å²) < 4.78 is 15.8. The van der Waals surface area contributed by atoms with Crippen molar-refractivity contribution in [2.45, 2.75) is 46.3 Å². The Morgan fingerprint density at radius 1 is 1.29 bits per heavy atom. The van der Waals surface area contributed by atoms with Crippen LogP contribution < -0.4 is 19.7 Å². The first-order valence-electron chi connectivity index (χ1n) is 7.92. The third kappa shape index (κ3) is 4.31. The van der Waals surface area contributed by atoms with Crippen LogP contribution in [-0.2, 0) is 9.53 Å². The van der Waals surface area contributed by atoms with Crippen LogP contribution >= 0.6 is 0 Å². The molecule has 1 atom stereocenters. The maximum atomic E-state index is 12.7. The fraction of sp³-hybridized carbons (Fsp3) is 0.529. The van der Waals surface area contributed by atoms with Crippen LogP contribution in [0.2, 0.25) is 0 Å². The number of fused-ring (bicyclic) bond motifs is 1. The Balaban J connectivity index is 2.06. The third-order valence-corrected chi connectivity index (χ3v) is 3.35. The molecule has 0 fully saturated rings. The fourth-order valence-corrected chi connectivity index (χ4v) is 2.30. The number of rotatable bonds is 4. The van der Waals surface area contributed by atoms with Gasteiger partial charge in [-0.25, -0.2) is 4.79 Å². The molecule has 1 aliphatic heterocycles. The molecule has 2 amide bonds. The van der Waals surface area contributed by atoms with Crippen LogP contribution in [-0.4, -0.2) is 37.0 Å². The summed E-state index contributed by atoms with van der Waals surface area (Å²) >= 11 is 0. The molecule has 2 rings (SSSR count). The molecule has 0 radical (unpaired) electrons. The maximum Gasteiger partial charge on any atom is 0.408 e. The Morgan fingerprint density at radius 2 is 1.96 bits per heavy atom. The van der Waals surface area contributed by atoms with E-state index in [1.54, 1.807) is 50.8 Å². The SMILES string of the molecule is CCN(C(=O)C(C)NC(=O)OC(C)(C)C)c1ccc2c(c1)OCO2. The molecule has 24 heavy (non-hydrogen) atoms. The Bertz CT molecular complexity index is 624. The molecular formula is C17H24N2O5. The van der Waals surface area contributed by atoms with Gasteiger partial charge in [-0.15, -0.1) is 0 Å². The molecule has 7 heteroatoms. The van der Waals surface area contributed by atoms with Gasteiger partial charge < -0.3 is 24.4 Å². The molecule has 0 aliphatic carbocycles. The van der Waals surface area contributed by atoms with E-state index in [1.807, 2.05) is 6.92 Å². The molecule has 0 saturated heterocycles. The average molecular weight is 336 g/mol. The second-order valence-electron chi connectivity index (χ2n) is 6.49. The van der Waals surface area contributed by atoms with Crippen molar-refractivity contribution in [2.75, 3.05) is 18.2 Å². The van der Waals surface area contributed by atoms with Crippen LogP contribution in [0, 0.1) is 0 Å². The second kappa shape index (κ2) is 6.98. The highest BCUT2D eigenvalue weighted by molar-refractivity contribution is 5.98. The summed E-state index contributed by atoms with van der Waals surface area (Å²) in [7, 11) is 0. The van der Waals surface area contributed by atoms with Gasteiger partial charge in [0.1, 0.15) is 11.6 Å². The minimum absolute atomic E-state index is 0.176. The van der Waals surface area contributed by atoms with E-state index in [0.29, 0.717) is 23.7 Å². The summed E-state index contributed by atoms with van der Waals surface area (Å²) in [5.41, 5.74) is 0.0684. The second-order valence-corrected chi connectivity index (χ2v) is 6.49. The van der Waals surface area contributed by atoms with E-state index < -0.39 is 17.7 Å². The molecule has 1 aromatic rings. The predicted octanol–water partition coefficient (Wildman–Crippen LogP) is 2.68. The third-order valence-electron chi connectivity index (χ3n) is 3.35. The van der Waals surface area contributed by atoms with E-state index in [0.717, 1.165) is 0 Å². The van der Waals surface area contributed by atoms with E-state index in [-0.39, 0.29) is 12.7 Å². The molecule has 1 aliphatic rings. The van der Waals surface area contributed by atoms with Gasteiger partial charge in [0, 0.05) is 18.3 Å². The van der Waals surface area contributed by atoms with E-state index in [4.69, 9.17) is 14.2 Å². The van der Waals surface area contributed by atoms with Crippen molar-refractivity contribution in [3.05, 3.63) is 18.2 Å². The minimum atomic E-state index is -0.717. The summed E-state index contributed by atoms with van der Waals surface area (Å²) in [6, 6.07) is 4.59. The smallest absolute Gasteiger partial charge is 0.408 e. The zero-order chi connectivity index (χ0) is 17.9. The maximum absolute atomic E-state index is 12.7. The van der Waals surface area contributed by atoms with Crippen LogP contribution in [0.1, 0.15) is 34.6 Å². The first kappa shape index (κ1) is 17.9. The number of benzene rings is 1. The number of nitrogens with zero attached hydrogens (tertiary/aromatic N) is 1. The van der Waals surface area contributed by atoms with Gasteiger partial charge in [0.25, 0.3) is 0 Å². The highest BCUT2D eigenvalue weighted by atomic mass is 16.7. The quantitative estimate of drug-likeness (QED) is 0.915. The highest BCUT2D eigenvalue weighted by Crippen LogP contribution is 2.35. The van der Waals surface area contributed by atoms with Crippen molar-refractivity contribution in [1.82, 2.24) is 5.32 Å². The van der Waals surface area contributed by atoms with Gasteiger partial charge >= 0.3 is 6.09 Å². The number of amides is 2. The van der Waals surface area contributed by atoms with Gasteiger partial charge in [0.2, 0.25) is 12.7 Å². The van der Waals surface area contributed by atoms with E-state index >= 15 is 0 Å². The monoisotopic (exact) mass is 336 g/mol. The van der Waals surface area contributed by atoms with Crippen LogP contribution in [0.15, 0.2) is 18.2 Å². The number of likely N-dealkylation sites (N-methyl/N-ethyl adjacent to an activating group) is 1. The van der Waals surface area contributed by atoms with Gasteiger partial charge in [-0.05, 0) is 46.8 Å². The number of carbonyl (C=O) groups excluding carboxylic acids is 2. The number of anilines is 1. The average Bonchev–Trinajstić information content (AvgIpc) is 2.93. The molecule has 1 aromatic carbocycles. The summed E-state index contributed by atoms with van der Waals surface area (Å²) in [6.45, 7) is 9.43. The molecule has 0 aromatic heterocycles. The van der Waals surface area contributed by atoms with Crippen LogP contribution in [0.4, 0.5) is 10.5 Å². The zero-order valence-electron chi connectivity index (χ0n) is 14.7. The molecule has 132 valence electrons. The van der Waals surface area contributed by atoms with Crippen LogP contribution in [0.3, 0.4) is 0 Å². The lowest BCUT2D eigenvalue weighted by molar-refractivity contribution is -0.120. The largest absolute Gasteiger partial charge is 0.454 e. The topological polar surface area (TPSA) is 77.1 Å². The molecular weight excluding hydrogens is 312 g/mol. The molecule has 0 saturated carbocycles. The summed E-state index contributed by atoms with van der Waals surface area (Å²) in [4.78, 5) is 26.1. The zero-order valence-corrected chi connectivity index (χ0v) is 14.7. The van der Waals surface area contributed by atoms with Crippen LogP contribution in [0.25, 0.3) is 0 Å². The fourth-order valence-electron chi connectivity index (χ4n) is 2.30. The Hall–Kier alpha value is -2.44. The Kier molecular flexibility index (Phi) is 5.21. The predicted molar refractivity (Wildman–Crippen MR) is 89.4 cm³/mol. The van der Waals surface area contributed by atoms with E-state index in [1.165, 1.54) is 0 Å². The summed E-state index contributed by atoms with van der Waals surface area (Å²) in [5.74, 6) is 1.02. The Labute approximate surface area is 141 Å². The van der Waals surface area contributed by atoms with Crippen molar-refractivity contribution < 1.29 is 23.8 Å². The first-order chi connectivity index (χ1) is 11.2. The van der Waals surface area contributed by atoms with Gasteiger partial charge in [-0.3, -0.25) is 4.79 Å². The molecule has 0 spiro atoms. The molecule has 1 N–H and O–H groups in total. The van der Waals surface area contributed by atoms with Gasteiger partial charge in [0.15, 0.2) is 11.5 Å². The lowest BCUT2D eigenvalue weighted by atomic mass is 10.2. The minimum Gasteiger partial charge on any atom is -0.454 e. The highest BCUT2D eigenvalue weighted by Gasteiger charge is 2.26. The number of carbonyl (C=O) groups is 2. The summed E-state index contributed by atoms with van der Waals surface area (Å²) in [5, 5.41) is 2.56. The van der Waals surface area contributed by atoms with E-state index in [2.05, 4.69) is 5.32 Å². The van der Waals surface area contributed by atoms with Crippen molar-refractivity contribution in [2.24, 2.45) is 0 Å². The molecule has 1 heterocycles.